The van der Waals surface area contributed by atoms with Gasteiger partial charge in [0.1, 0.15) is 0 Å². The molecule has 122 valence electrons. The van der Waals surface area contributed by atoms with Crippen LogP contribution >= 0.6 is 23.4 Å². The maximum atomic E-state index is 12.4. The molecule has 1 aliphatic heterocycles. The van der Waals surface area contributed by atoms with E-state index in [4.69, 9.17) is 16.3 Å². The number of anilines is 1. The van der Waals surface area contributed by atoms with Crippen molar-refractivity contribution >= 4 is 35.1 Å². The largest absolute Gasteiger partial charge is 0.384 e. The third-order valence-electron chi connectivity index (χ3n) is 3.52. The molecule has 0 radical (unpaired) electrons. The quantitative estimate of drug-likeness (QED) is 0.809. The fraction of sp³-hybridized carbons (Fsp3) is 0.562. The van der Waals surface area contributed by atoms with Crippen LogP contribution in [0, 0.1) is 5.92 Å². The molecule has 1 heterocycles. The van der Waals surface area contributed by atoms with Gasteiger partial charge in [0.2, 0.25) is 0 Å². The Hall–Kier alpha value is -0.910. The molecule has 2 amide bonds. The number of benzene rings is 1. The molecule has 0 aliphatic carbocycles. The Morgan fingerprint density at radius 2 is 2.32 bits per heavy atom. The zero-order chi connectivity index (χ0) is 16.1. The van der Waals surface area contributed by atoms with E-state index in [1.807, 2.05) is 23.1 Å². The molecule has 6 heteroatoms. The molecule has 0 saturated carbocycles. The molecule has 4 nitrogen and oxygen atoms in total. The van der Waals surface area contributed by atoms with Gasteiger partial charge >= 0.3 is 6.03 Å². The smallest absolute Gasteiger partial charge is 0.321 e. The summed E-state index contributed by atoms with van der Waals surface area (Å²) in [4.78, 5) is 15.3. The molecule has 2 rings (SSSR count). The summed E-state index contributed by atoms with van der Waals surface area (Å²) in [5, 5.41) is 4.07. The lowest BCUT2D eigenvalue weighted by Crippen LogP contribution is -2.33. The zero-order valence-electron chi connectivity index (χ0n) is 13.3. The van der Waals surface area contributed by atoms with E-state index in [9.17, 15) is 4.79 Å². The molecule has 0 spiro atoms. The number of carbonyl (C=O) groups is 1. The lowest BCUT2D eigenvalue weighted by Gasteiger charge is -2.19. The molecule has 1 atom stereocenters. The third kappa shape index (κ3) is 4.80. The minimum absolute atomic E-state index is 0.0634. The number of nitrogens with one attached hydrogen (secondary N) is 1. The van der Waals surface area contributed by atoms with Crippen LogP contribution in [0.4, 0.5) is 10.5 Å². The van der Waals surface area contributed by atoms with E-state index in [2.05, 4.69) is 19.2 Å². The van der Waals surface area contributed by atoms with Gasteiger partial charge in [0, 0.05) is 41.3 Å². The van der Waals surface area contributed by atoms with Crippen molar-refractivity contribution in [3.05, 3.63) is 23.2 Å². The van der Waals surface area contributed by atoms with E-state index in [1.54, 1.807) is 18.9 Å². The van der Waals surface area contributed by atoms with Crippen molar-refractivity contribution in [2.75, 3.05) is 32.1 Å². The van der Waals surface area contributed by atoms with Crippen LogP contribution in [0.25, 0.3) is 0 Å². The Kier molecular flexibility index (Phi) is 6.41. The van der Waals surface area contributed by atoms with Gasteiger partial charge in [-0.1, -0.05) is 25.4 Å². The van der Waals surface area contributed by atoms with Gasteiger partial charge in [-0.2, -0.15) is 0 Å². The molecule has 22 heavy (non-hydrogen) atoms. The van der Waals surface area contributed by atoms with Crippen LogP contribution in [0.5, 0.6) is 0 Å². The maximum absolute atomic E-state index is 12.4. The second kappa shape index (κ2) is 8.09. The summed E-state index contributed by atoms with van der Waals surface area (Å²) in [5.41, 5.74) is 0.784. The second-order valence-electron chi connectivity index (χ2n) is 5.79. The van der Waals surface area contributed by atoms with Crippen molar-refractivity contribution in [2.45, 2.75) is 30.4 Å². The number of ether oxygens (including phenoxy) is 1. The fourth-order valence-corrected chi connectivity index (χ4v) is 3.60. The van der Waals surface area contributed by atoms with E-state index >= 15 is 0 Å². The summed E-state index contributed by atoms with van der Waals surface area (Å²) in [6.07, 6.45) is 0.990. The monoisotopic (exact) mass is 342 g/mol. The topological polar surface area (TPSA) is 41.6 Å². The molecular weight excluding hydrogens is 320 g/mol. The number of nitrogens with zero attached hydrogens (tertiary/aromatic N) is 1. The molecule has 1 aromatic carbocycles. The predicted octanol–water partition coefficient (Wildman–Crippen LogP) is 4.34. The summed E-state index contributed by atoms with van der Waals surface area (Å²) in [6.45, 7) is 6.47. The van der Waals surface area contributed by atoms with E-state index in [1.165, 1.54) is 0 Å². The van der Waals surface area contributed by atoms with Crippen molar-refractivity contribution in [3.8, 4) is 0 Å². The van der Waals surface area contributed by atoms with E-state index in [0.717, 1.165) is 30.1 Å². The van der Waals surface area contributed by atoms with Crippen molar-refractivity contribution in [1.29, 1.82) is 0 Å². The van der Waals surface area contributed by atoms with Crippen LogP contribution in [0.15, 0.2) is 23.1 Å². The van der Waals surface area contributed by atoms with Gasteiger partial charge in [0.25, 0.3) is 0 Å². The minimum Gasteiger partial charge on any atom is -0.384 e. The number of rotatable bonds is 5. The average molecular weight is 343 g/mol. The van der Waals surface area contributed by atoms with E-state index < -0.39 is 0 Å². The Balaban J connectivity index is 2.03. The van der Waals surface area contributed by atoms with Crippen LogP contribution in [-0.4, -0.2) is 43.0 Å². The number of likely N-dealkylation sites (tertiary alicyclic amines) is 1. The maximum Gasteiger partial charge on any atom is 0.321 e. The first-order chi connectivity index (χ1) is 10.5. The van der Waals surface area contributed by atoms with Gasteiger partial charge in [-0.05, 0) is 24.6 Å². The first-order valence-electron chi connectivity index (χ1n) is 7.50. The number of methoxy groups -OCH3 is 1. The lowest BCUT2D eigenvalue weighted by atomic mass is 10.1. The summed E-state index contributed by atoms with van der Waals surface area (Å²) in [7, 11) is 1.70. The standard InChI is InChI=1S/C16H23ClN2O2S/c1-11(2)22-15-5-4-13(17)8-14(15)18-16(20)19-7-6-12(9-19)10-21-3/h4-5,8,11-12H,6-7,9-10H2,1-3H3,(H,18,20). The fourth-order valence-electron chi connectivity index (χ4n) is 2.54. The van der Waals surface area contributed by atoms with Gasteiger partial charge in [-0.15, -0.1) is 11.8 Å². The molecule has 1 unspecified atom stereocenters. The van der Waals surface area contributed by atoms with Crippen LogP contribution in [0.1, 0.15) is 20.3 Å². The summed E-state index contributed by atoms with van der Waals surface area (Å²) in [5.74, 6) is 0.430. The van der Waals surface area contributed by atoms with Crippen LogP contribution in [-0.2, 0) is 4.74 Å². The average Bonchev–Trinajstić information content (AvgIpc) is 2.90. The van der Waals surface area contributed by atoms with Crippen LogP contribution in [0.3, 0.4) is 0 Å². The Morgan fingerprint density at radius 1 is 1.55 bits per heavy atom. The van der Waals surface area contributed by atoms with Crippen molar-refractivity contribution in [1.82, 2.24) is 4.90 Å². The number of hydrogen-bond acceptors (Lipinski definition) is 3. The van der Waals surface area contributed by atoms with Gasteiger partial charge in [-0.25, -0.2) is 4.79 Å². The van der Waals surface area contributed by atoms with Gasteiger partial charge in [-0.3, -0.25) is 0 Å². The molecule has 1 aromatic rings. The number of amides is 2. The molecule has 1 fully saturated rings. The summed E-state index contributed by atoms with van der Waals surface area (Å²) >= 11 is 7.79. The predicted molar refractivity (Wildman–Crippen MR) is 93.0 cm³/mol. The number of hydrogen-bond donors (Lipinski definition) is 1. The number of halogens is 1. The highest BCUT2D eigenvalue weighted by Gasteiger charge is 2.26. The summed E-state index contributed by atoms with van der Waals surface area (Å²) in [6, 6.07) is 5.56. The molecule has 1 N–H and O–H groups in total. The Labute approximate surface area is 141 Å². The molecule has 1 saturated heterocycles. The molecular formula is C16H23ClN2O2S. The molecule has 0 bridgehead atoms. The van der Waals surface area contributed by atoms with Crippen LogP contribution in [0.2, 0.25) is 5.02 Å². The highest BCUT2D eigenvalue weighted by molar-refractivity contribution is 8.00. The highest BCUT2D eigenvalue weighted by atomic mass is 35.5. The zero-order valence-corrected chi connectivity index (χ0v) is 14.8. The van der Waals surface area contributed by atoms with Gasteiger partial charge in [0.15, 0.2) is 0 Å². The van der Waals surface area contributed by atoms with Gasteiger partial charge < -0.3 is 15.0 Å². The third-order valence-corrected chi connectivity index (χ3v) is 4.84. The lowest BCUT2D eigenvalue weighted by molar-refractivity contribution is 0.154. The van der Waals surface area contributed by atoms with Crippen LogP contribution < -0.4 is 5.32 Å². The summed E-state index contributed by atoms with van der Waals surface area (Å²) < 4.78 is 5.17. The van der Waals surface area contributed by atoms with Crippen molar-refractivity contribution in [3.63, 3.8) is 0 Å². The Morgan fingerprint density at radius 3 is 3.00 bits per heavy atom. The minimum atomic E-state index is -0.0634. The normalized spacial score (nSPS) is 18.0. The first kappa shape index (κ1) is 17.4. The number of urea groups is 1. The molecule has 1 aliphatic rings. The number of thioether (sulfide) groups is 1. The first-order valence-corrected chi connectivity index (χ1v) is 8.76. The number of carbonyl (C=O) groups excluding carboxylic acids is 1. The van der Waals surface area contributed by atoms with E-state index in [0.29, 0.717) is 22.8 Å². The second-order valence-corrected chi connectivity index (χ2v) is 7.85. The molecule has 0 aromatic heterocycles. The van der Waals surface area contributed by atoms with Gasteiger partial charge in [0.05, 0.1) is 12.3 Å². The SMILES string of the molecule is COCC1CCN(C(=O)Nc2cc(Cl)ccc2SC(C)C)C1. The Bertz CT molecular complexity index is 525. The van der Waals surface area contributed by atoms with Crippen molar-refractivity contribution < 1.29 is 9.53 Å². The van der Waals surface area contributed by atoms with E-state index in [-0.39, 0.29) is 6.03 Å². The highest BCUT2D eigenvalue weighted by Crippen LogP contribution is 2.33. The van der Waals surface area contributed by atoms with Crippen molar-refractivity contribution in [2.24, 2.45) is 5.92 Å².